The van der Waals surface area contributed by atoms with Crippen molar-refractivity contribution in [3.63, 3.8) is 0 Å². The van der Waals surface area contributed by atoms with E-state index in [0.29, 0.717) is 21.8 Å². The van der Waals surface area contributed by atoms with Gasteiger partial charge in [0.1, 0.15) is 0 Å². The average molecular weight is 410 g/mol. The fourth-order valence-electron chi connectivity index (χ4n) is 2.86. The zero-order valence-electron chi connectivity index (χ0n) is 15.8. The molecule has 1 amide bonds. The second kappa shape index (κ2) is 8.90. The van der Waals surface area contributed by atoms with E-state index >= 15 is 0 Å². The van der Waals surface area contributed by atoms with Crippen molar-refractivity contribution in [3.05, 3.63) is 101 Å². The second-order valence-corrected chi connectivity index (χ2v) is 6.94. The Morgan fingerprint density at radius 3 is 2.03 bits per heavy atom. The van der Waals surface area contributed by atoms with Gasteiger partial charge in [0.15, 0.2) is 6.61 Å². The van der Waals surface area contributed by atoms with Crippen molar-refractivity contribution in [1.29, 1.82) is 0 Å². The maximum Gasteiger partial charge on any atom is 0.348 e. The van der Waals surface area contributed by atoms with Crippen LogP contribution in [-0.2, 0) is 19.9 Å². The highest BCUT2D eigenvalue weighted by molar-refractivity contribution is 6.31. The van der Waals surface area contributed by atoms with Gasteiger partial charge < -0.3 is 15.2 Å². The molecule has 0 radical (unpaired) electrons. The normalized spacial score (nSPS) is 11.0. The topological polar surface area (TPSA) is 75.6 Å². The van der Waals surface area contributed by atoms with E-state index in [4.69, 9.17) is 16.3 Å². The summed E-state index contributed by atoms with van der Waals surface area (Å²) in [6.45, 7) is 1.30. The summed E-state index contributed by atoms with van der Waals surface area (Å²) in [7, 11) is 0. The van der Waals surface area contributed by atoms with Crippen molar-refractivity contribution < 1.29 is 19.4 Å². The van der Waals surface area contributed by atoms with Crippen molar-refractivity contribution in [2.24, 2.45) is 0 Å². The molecule has 6 heteroatoms. The van der Waals surface area contributed by atoms with Crippen LogP contribution < -0.4 is 5.32 Å². The number of hydrogen-bond donors (Lipinski definition) is 2. The molecule has 3 aromatic rings. The van der Waals surface area contributed by atoms with Crippen LogP contribution in [0.2, 0.25) is 5.02 Å². The van der Waals surface area contributed by atoms with Crippen LogP contribution in [0, 0.1) is 6.92 Å². The predicted molar refractivity (Wildman–Crippen MR) is 112 cm³/mol. The summed E-state index contributed by atoms with van der Waals surface area (Å²) in [5.74, 6) is -1.48. The molecule has 0 aliphatic rings. The maximum atomic E-state index is 12.8. The molecule has 29 heavy (non-hydrogen) atoms. The molecule has 0 bridgehead atoms. The van der Waals surface area contributed by atoms with Crippen LogP contribution in [0.1, 0.15) is 16.7 Å². The molecular weight excluding hydrogens is 390 g/mol. The molecule has 3 aromatic carbocycles. The van der Waals surface area contributed by atoms with Crippen LogP contribution in [0.25, 0.3) is 0 Å². The van der Waals surface area contributed by atoms with E-state index in [0.717, 1.165) is 5.56 Å². The Bertz CT molecular complexity index is 966. The smallest absolute Gasteiger partial charge is 0.348 e. The number of aryl methyl sites for hydroxylation is 1. The molecule has 3 rings (SSSR count). The summed E-state index contributed by atoms with van der Waals surface area (Å²) in [6, 6.07) is 22.0. The monoisotopic (exact) mass is 409 g/mol. The van der Waals surface area contributed by atoms with Gasteiger partial charge in [-0.15, -0.1) is 0 Å². The highest BCUT2D eigenvalue weighted by atomic mass is 35.5. The Kier molecular flexibility index (Phi) is 6.32. The number of ether oxygens (including phenoxy) is 1. The minimum absolute atomic E-state index is 0.349. The third-order valence-corrected chi connectivity index (χ3v) is 4.88. The van der Waals surface area contributed by atoms with Crippen molar-refractivity contribution in [1.82, 2.24) is 0 Å². The van der Waals surface area contributed by atoms with Gasteiger partial charge in [-0.2, -0.15) is 0 Å². The molecule has 0 aliphatic heterocycles. The zero-order chi connectivity index (χ0) is 20.9. The number of esters is 1. The lowest BCUT2D eigenvalue weighted by molar-refractivity contribution is -0.163. The van der Waals surface area contributed by atoms with Gasteiger partial charge in [0.05, 0.1) is 0 Å². The molecule has 5 nitrogen and oxygen atoms in total. The largest absolute Gasteiger partial charge is 0.453 e. The van der Waals surface area contributed by atoms with Gasteiger partial charge >= 0.3 is 5.97 Å². The molecular formula is C23H20ClNO4. The third-order valence-electron chi connectivity index (χ3n) is 4.47. The van der Waals surface area contributed by atoms with Gasteiger partial charge in [-0.25, -0.2) is 4.79 Å². The van der Waals surface area contributed by atoms with Crippen LogP contribution in [0.4, 0.5) is 5.69 Å². The summed E-state index contributed by atoms with van der Waals surface area (Å²) in [5.41, 5.74) is 0.0365. The quantitative estimate of drug-likeness (QED) is 0.602. The fraction of sp³-hybridized carbons (Fsp3) is 0.130. The molecule has 0 aromatic heterocycles. The van der Waals surface area contributed by atoms with Gasteiger partial charge in [-0.3, -0.25) is 4.79 Å². The molecule has 0 spiro atoms. The summed E-state index contributed by atoms with van der Waals surface area (Å²) in [5, 5.41) is 14.4. The summed E-state index contributed by atoms with van der Waals surface area (Å²) in [4.78, 5) is 25.0. The molecule has 0 saturated heterocycles. The van der Waals surface area contributed by atoms with E-state index in [1.165, 1.54) is 0 Å². The number of benzene rings is 3. The average Bonchev–Trinajstić information content (AvgIpc) is 2.75. The first-order valence-corrected chi connectivity index (χ1v) is 9.35. The number of carbonyl (C=O) groups excluding carboxylic acids is 2. The molecule has 0 atom stereocenters. The van der Waals surface area contributed by atoms with E-state index in [1.807, 2.05) is 6.92 Å². The van der Waals surface area contributed by atoms with Crippen LogP contribution in [-0.4, -0.2) is 23.6 Å². The summed E-state index contributed by atoms with van der Waals surface area (Å²) in [6.07, 6.45) is 0. The van der Waals surface area contributed by atoms with Gasteiger partial charge in [0.2, 0.25) is 5.60 Å². The van der Waals surface area contributed by atoms with E-state index < -0.39 is 24.1 Å². The molecule has 0 heterocycles. The number of halogens is 1. The number of amides is 1. The van der Waals surface area contributed by atoms with Crippen molar-refractivity contribution >= 4 is 29.2 Å². The minimum Gasteiger partial charge on any atom is -0.453 e. The fourth-order valence-corrected chi connectivity index (χ4v) is 3.04. The minimum atomic E-state index is -2.03. The molecule has 148 valence electrons. The Morgan fingerprint density at radius 2 is 1.52 bits per heavy atom. The Morgan fingerprint density at radius 1 is 0.966 bits per heavy atom. The molecule has 0 unspecified atom stereocenters. The second-order valence-electron chi connectivity index (χ2n) is 6.53. The first kappa shape index (κ1) is 20.6. The van der Waals surface area contributed by atoms with Crippen LogP contribution >= 0.6 is 11.6 Å². The number of carbonyl (C=O) groups is 2. The number of anilines is 1. The lowest BCUT2D eigenvalue weighted by Crippen LogP contribution is -2.39. The van der Waals surface area contributed by atoms with Crippen LogP contribution in [0.3, 0.4) is 0 Å². The maximum absolute atomic E-state index is 12.8. The Hall–Kier alpha value is -3.15. The van der Waals surface area contributed by atoms with E-state index in [-0.39, 0.29) is 0 Å². The lowest BCUT2D eigenvalue weighted by Gasteiger charge is -2.27. The van der Waals surface area contributed by atoms with E-state index in [2.05, 4.69) is 5.32 Å². The number of aliphatic hydroxyl groups is 1. The van der Waals surface area contributed by atoms with Gasteiger partial charge in [0.25, 0.3) is 5.91 Å². The summed E-state index contributed by atoms with van der Waals surface area (Å²) >= 11 is 6.05. The highest BCUT2D eigenvalue weighted by Gasteiger charge is 2.41. The first-order valence-electron chi connectivity index (χ1n) is 8.98. The number of nitrogens with one attached hydrogen (secondary N) is 1. The predicted octanol–water partition coefficient (Wildman–Crippen LogP) is 4.07. The van der Waals surface area contributed by atoms with E-state index in [9.17, 15) is 14.7 Å². The van der Waals surface area contributed by atoms with Crippen molar-refractivity contribution in [3.8, 4) is 0 Å². The molecule has 0 aliphatic carbocycles. The Balaban J connectivity index is 1.75. The van der Waals surface area contributed by atoms with Crippen LogP contribution in [0.5, 0.6) is 0 Å². The first-order chi connectivity index (χ1) is 13.9. The van der Waals surface area contributed by atoms with Crippen molar-refractivity contribution in [2.45, 2.75) is 12.5 Å². The highest BCUT2D eigenvalue weighted by Crippen LogP contribution is 2.31. The SMILES string of the molecule is Cc1ccc(NC(=O)COC(=O)C(O)(c2ccccc2)c2ccccc2)cc1Cl. The van der Waals surface area contributed by atoms with Gasteiger partial charge in [0, 0.05) is 10.7 Å². The molecule has 0 saturated carbocycles. The zero-order valence-corrected chi connectivity index (χ0v) is 16.5. The third kappa shape index (κ3) is 4.65. The molecule has 0 fully saturated rings. The van der Waals surface area contributed by atoms with E-state index in [1.54, 1.807) is 78.9 Å². The Labute approximate surface area is 173 Å². The number of hydrogen-bond acceptors (Lipinski definition) is 4. The summed E-state index contributed by atoms with van der Waals surface area (Å²) < 4.78 is 5.17. The lowest BCUT2D eigenvalue weighted by atomic mass is 9.86. The molecule has 2 N–H and O–H groups in total. The van der Waals surface area contributed by atoms with Crippen LogP contribution in [0.15, 0.2) is 78.9 Å². The van der Waals surface area contributed by atoms with Crippen molar-refractivity contribution in [2.75, 3.05) is 11.9 Å². The van der Waals surface area contributed by atoms with Gasteiger partial charge in [-0.05, 0) is 35.7 Å². The standard InChI is InChI=1S/C23H20ClNO4/c1-16-12-13-19(14-20(16)24)25-21(26)15-29-22(27)23(28,17-8-4-2-5-9-17)18-10-6-3-7-11-18/h2-14,28H,15H2,1H3,(H,25,26). The van der Waals surface area contributed by atoms with Gasteiger partial charge in [-0.1, -0.05) is 78.3 Å². The number of rotatable bonds is 6.